The predicted molar refractivity (Wildman–Crippen MR) is 104 cm³/mol. The van der Waals surface area contributed by atoms with Crippen LogP contribution in [0.1, 0.15) is 39.7 Å². The number of rotatable bonds is 3. The normalized spacial score (nSPS) is 17.6. The van der Waals surface area contributed by atoms with Gasteiger partial charge in [-0.05, 0) is 34.6 Å². The fourth-order valence-electron chi connectivity index (χ4n) is 3.49. The lowest BCUT2D eigenvalue weighted by molar-refractivity contribution is 0.348. The van der Waals surface area contributed by atoms with Gasteiger partial charge in [-0.15, -0.1) is 0 Å². The van der Waals surface area contributed by atoms with Gasteiger partial charge in [0, 0.05) is 25.1 Å². The summed E-state index contributed by atoms with van der Waals surface area (Å²) in [5, 5.41) is 0. The molecule has 3 rings (SSSR count). The minimum absolute atomic E-state index is 0.109. The van der Waals surface area contributed by atoms with Crippen LogP contribution >= 0.6 is 0 Å². The molecular weight excluding hydrogens is 292 g/mol. The summed E-state index contributed by atoms with van der Waals surface area (Å²) in [6.45, 7) is 9.12. The topological polar surface area (TPSA) is 6.48 Å². The molecule has 24 heavy (non-hydrogen) atoms. The summed E-state index contributed by atoms with van der Waals surface area (Å²) in [4.78, 5) is 4.72. The Balaban J connectivity index is 2.12. The number of nitrogens with zero attached hydrogens (tertiary/aromatic N) is 2. The molecule has 2 aromatic rings. The van der Waals surface area contributed by atoms with Gasteiger partial charge in [0.05, 0.1) is 0 Å². The highest BCUT2D eigenvalue weighted by molar-refractivity contribution is 5.72. The molecule has 0 spiro atoms. The third-order valence-corrected chi connectivity index (χ3v) is 4.81. The molecule has 0 saturated heterocycles. The number of benzene rings is 2. The van der Waals surface area contributed by atoms with Gasteiger partial charge in [0.1, 0.15) is 6.17 Å². The van der Waals surface area contributed by atoms with Crippen molar-refractivity contribution in [1.82, 2.24) is 4.90 Å². The molecule has 1 atom stereocenters. The largest absolute Gasteiger partial charge is 0.359 e. The molecule has 0 radical (unpaired) electrons. The monoisotopic (exact) mass is 320 g/mol. The maximum absolute atomic E-state index is 2.42. The van der Waals surface area contributed by atoms with Gasteiger partial charge in [-0.1, -0.05) is 70.2 Å². The van der Waals surface area contributed by atoms with E-state index >= 15 is 0 Å². The first-order valence-electron chi connectivity index (χ1n) is 8.80. The molecule has 0 amide bonds. The molecule has 0 aromatic heterocycles. The van der Waals surface area contributed by atoms with E-state index in [9.17, 15) is 0 Å². The zero-order chi connectivity index (χ0) is 17.3. The van der Waals surface area contributed by atoms with Crippen LogP contribution < -0.4 is 4.90 Å². The van der Waals surface area contributed by atoms with Crippen molar-refractivity contribution in [3.05, 3.63) is 66.5 Å². The van der Waals surface area contributed by atoms with Gasteiger partial charge in [0.2, 0.25) is 0 Å². The second kappa shape index (κ2) is 6.35. The van der Waals surface area contributed by atoms with Crippen LogP contribution in [-0.4, -0.2) is 18.1 Å². The van der Waals surface area contributed by atoms with Crippen molar-refractivity contribution in [1.29, 1.82) is 0 Å². The Morgan fingerprint density at radius 3 is 2.25 bits per heavy atom. The van der Waals surface area contributed by atoms with E-state index in [0.29, 0.717) is 6.17 Å². The van der Waals surface area contributed by atoms with Gasteiger partial charge >= 0.3 is 0 Å². The molecule has 2 nitrogen and oxygen atoms in total. The van der Waals surface area contributed by atoms with E-state index in [4.69, 9.17) is 0 Å². The first-order chi connectivity index (χ1) is 11.4. The number of hydrogen-bond acceptors (Lipinski definition) is 2. The Morgan fingerprint density at radius 2 is 1.62 bits per heavy atom. The fraction of sp³-hybridized carbons (Fsp3) is 0.364. The lowest BCUT2D eigenvalue weighted by Crippen LogP contribution is -2.37. The van der Waals surface area contributed by atoms with Crippen molar-refractivity contribution in [3.8, 4) is 11.1 Å². The van der Waals surface area contributed by atoms with Gasteiger partial charge < -0.3 is 9.80 Å². The number of anilines is 1. The highest BCUT2D eigenvalue weighted by atomic mass is 15.4. The van der Waals surface area contributed by atoms with Crippen LogP contribution in [0, 0.1) is 0 Å². The summed E-state index contributed by atoms with van der Waals surface area (Å²) in [5.74, 6) is 0. The Hall–Kier alpha value is -2.22. The van der Waals surface area contributed by atoms with E-state index in [2.05, 4.69) is 105 Å². The Kier molecular flexibility index (Phi) is 4.40. The second-order valence-corrected chi connectivity index (χ2v) is 7.61. The summed E-state index contributed by atoms with van der Waals surface area (Å²) in [5.41, 5.74) is 5.36. The van der Waals surface area contributed by atoms with Crippen molar-refractivity contribution < 1.29 is 0 Å². The standard InChI is InChI=1S/C22H28N2/c1-6-21-23(5)14-15-24(21)20-16-18(17-10-8-7-9-11-17)12-13-19(20)22(2,3)4/h7-16,21H,6H2,1-5H3. The predicted octanol–water partition coefficient (Wildman–Crippen LogP) is 5.61. The van der Waals surface area contributed by atoms with E-state index in [1.807, 2.05) is 0 Å². The lowest BCUT2D eigenvalue weighted by Gasteiger charge is -2.34. The van der Waals surface area contributed by atoms with Crippen molar-refractivity contribution in [2.24, 2.45) is 0 Å². The van der Waals surface area contributed by atoms with Crippen molar-refractivity contribution >= 4 is 5.69 Å². The highest BCUT2D eigenvalue weighted by Crippen LogP contribution is 2.38. The van der Waals surface area contributed by atoms with Gasteiger partial charge in [-0.2, -0.15) is 0 Å². The molecule has 0 bridgehead atoms. The fourth-order valence-corrected chi connectivity index (χ4v) is 3.49. The summed E-state index contributed by atoms with van der Waals surface area (Å²) in [7, 11) is 2.16. The molecule has 0 fully saturated rings. The Labute approximate surface area is 146 Å². The third-order valence-electron chi connectivity index (χ3n) is 4.81. The van der Waals surface area contributed by atoms with Gasteiger partial charge in [0.15, 0.2) is 0 Å². The molecule has 126 valence electrons. The van der Waals surface area contributed by atoms with Crippen LogP contribution in [0.5, 0.6) is 0 Å². The molecule has 0 saturated carbocycles. The smallest absolute Gasteiger partial charge is 0.105 e. The van der Waals surface area contributed by atoms with Crippen molar-refractivity contribution in [2.45, 2.75) is 45.7 Å². The molecule has 1 aliphatic heterocycles. The second-order valence-electron chi connectivity index (χ2n) is 7.61. The molecule has 1 aliphatic rings. The average Bonchev–Trinajstić information content (AvgIpc) is 2.95. The first kappa shape index (κ1) is 16.6. The van der Waals surface area contributed by atoms with E-state index < -0.39 is 0 Å². The third kappa shape index (κ3) is 3.06. The van der Waals surface area contributed by atoms with Crippen LogP contribution in [0.3, 0.4) is 0 Å². The molecule has 0 aliphatic carbocycles. The van der Waals surface area contributed by atoms with E-state index in [1.165, 1.54) is 22.4 Å². The lowest BCUT2D eigenvalue weighted by atomic mass is 9.84. The Morgan fingerprint density at radius 1 is 0.917 bits per heavy atom. The summed E-state index contributed by atoms with van der Waals surface area (Å²) in [6, 6.07) is 17.5. The van der Waals surface area contributed by atoms with E-state index in [1.54, 1.807) is 0 Å². The zero-order valence-electron chi connectivity index (χ0n) is 15.5. The van der Waals surface area contributed by atoms with Gasteiger partial charge in [-0.3, -0.25) is 0 Å². The quantitative estimate of drug-likeness (QED) is 0.725. The SMILES string of the molecule is CCC1N(C)C=CN1c1cc(-c2ccccc2)ccc1C(C)(C)C. The van der Waals surface area contributed by atoms with Crippen LogP contribution in [0.4, 0.5) is 5.69 Å². The Bertz CT molecular complexity index is 725. The van der Waals surface area contributed by atoms with Crippen LogP contribution in [0.2, 0.25) is 0 Å². The first-order valence-corrected chi connectivity index (χ1v) is 8.80. The maximum atomic E-state index is 2.42. The van der Waals surface area contributed by atoms with Crippen molar-refractivity contribution in [3.63, 3.8) is 0 Å². The minimum Gasteiger partial charge on any atom is -0.359 e. The van der Waals surface area contributed by atoms with E-state index in [-0.39, 0.29) is 5.41 Å². The molecule has 1 heterocycles. The van der Waals surface area contributed by atoms with Crippen LogP contribution in [-0.2, 0) is 5.41 Å². The summed E-state index contributed by atoms with van der Waals surface area (Å²) >= 11 is 0. The number of hydrogen-bond donors (Lipinski definition) is 0. The van der Waals surface area contributed by atoms with Gasteiger partial charge in [0.25, 0.3) is 0 Å². The molecule has 2 heteroatoms. The van der Waals surface area contributed by atoms with E-state index in [0.717, 1.165) is 6.42 Å². The molecule has 0 N–H and O–H groups in total. The van der Waals surface area contributed by atoms with Crippen LogP contribution in [0.15, 0.2) is 60.9 Å². The van der Waals surface area contributed by atoms with Gasteiger partial charge in [-0.25, -0.2) is 0 Å². The maximum Gasteiger partial charge on any atom is 0.105 e. The molecule has 1 unspecified atom stereocenters. The van der Waals surface area contributed by atoms with Crippen LogP contribution in [0.25, 0.3) is 11.1 Å². The van der Waals surface area contributed by atoms with Crippen molar-refractivity contribution in [2.75, 3.05) is 11.9 Å². The highest BCUT2D eigenvalue weighted by Gasteiger charge is 2.28. The molecule has 2 aromatic carbocycles. The molecular formula is C22H28N2. The average molecular weight is 320 g/mol. The zero-order valence-corrected chi connectivity index (χ0v) is 15.5. The minimum atomic E-state index is 0.109. The summed E-state index contributed by atoms with van der Waals surface area (Å²) in [6.07, 6.45) is 5.86. The summed E-state index contributed by atoms with van der Waals surface area (Å²) < 4.78 is 0.